The third kappa shape index (κ3) is 5.44. The molecular weight excluding hydrogens is 319 g/mol. The summed E-state index contributed by atoms with van der Waals surface area (Å²) >= 11 is 0. The summed E-state index contributed by atoms with van der Waals surface area (Å²) in [7, 11) is 3.67. The molecule has 1 aliphatic heterocycles. The molecule has 0 spiro atoms. The van der Waals surface area contributed by atoms with Crippen LogP contribution in [-0.4, -0.2) is 54.9 Å². The van der Waals surface area contributed by atoms with Crippen LogP contribution in [0.25, 0.3) is 0 Å². The maximum atomic E-state index is 13.3. The highest BCUT2D eigenvalue weighted by Crippen LogP contribution is 2.17. The predicted molar refractivity (Wildman–Crippen MR) is 98.9 cm³/mol. The van der Waals surface area contributed by atoms with Crippen molar-refractivity contribution in [2.24, 2.45) is 4.99 Å². The van der Waals surface area contributed by atoms with Gasteiger partial charge in [0.1, 0.15) is 5.82 Å². The summed E-state index contributed by atoms with van der Waals surface area (Å²) in [5, 5.41) is 3.35. The number of halogens is 1. The molecule has 0 aliphatic carbocycles. The highest BCUT2D eigenvalue weighted by Gasteiger charge is 2.26. The zero-order valence-corrected chi connectivity index (χ0v) is 15.5. The van der Waals surface area contributed by atoms with E-state index in [9.17, 15) is 9.18 Å². The number of nitrogens with zero attached hydrogens (tertiary/aromatic N) is 3. The molecule has 25 heavy (non-hydrogen) atoms. The van der Waals surface area contributed by atoms with Gasteiger partial charge in [0.05, 0.1) is 0 Å². The summed E-state index contributed by atoms with van der Waals surface area (Å²) in [5.41, 5.74) is 0.902. The Labute approximate surface area is 149 Å². The number of rotatable bonds is 7. The lowest BCUT2D eigenvalue weighted by Crippen LogP contribution is -2.42. The van der Waals surface area contributed by atoms with E-state index >= 15 is 0 Å². The molecule has 1 aromatic carbocycles. The molecule has 1 amide bonds. The van der Waals surface area contributed by atoms with E-state index in [2.05, 4.69) is 17.2 Å². The van der Waals surface area contributed by atoms with Gasteiger partial charge < -0.3 is 15.1 Å². The Hall–Kier alpha value is -2.11. The molecule has 0 radical (unpaired) electrons. The molecule has 6 heteroatoms. The lowest BCUT2D eigenvalue weighted by Gasteiger charge is -2.28. The standard InChI is InChI=1S/C19H29FN4O/c1-4-17(24-12-6-9-18(24)25)10-11-22-19(21-2)23(3)14-15-7-5-8-16(20)13-15/h5,7-8,13,17H,4,6,9-12,14H2,1-3H3,(H,21,22). The number of nitrogens with one attached hydrogen (secondary N) is 1. The van der Waals surface area contributed by atoms with E-state index in [4.69, 9.17) is 0 Å². The van der Waals surface area contributed by atoms with Gasteiger partial charge in [0, 0.05) is 46.2 Å². The van der Waals surface area contributed by atoms with Gasteiger partial charge in [-0.1, -0.05) is 19.1 Å². The minimum absolute atomic E-state index is 0.227. The van der Waals surface area contributed by atoms with Crippen molar-refractivity contribution < 1.29 is 9.18 Å². The maximum Gasteiger partial charge on any atom is 0.222 e. The van der Waals surface area contributed by atoms with Crippen molar-refractivity contribution in [2.75, 3.05) is 27.2 Å². The van der Waals surface area contributed by atoms with Crippen molar-refractivity contribution in [1.82, 2.24) is 15.1 Å². The van der Waals surface area contributed by atoms with Crippen LogP contribution in [0, 0.1) is 5.82 Å². The molecule has 1 aliphatic rings. The minimum atomic E-state index is -0.227. The number of hydrogen-bond donors (Lipinski definition) is 1. The van der Waals surface area contributed by atoms with Gasteiger partial charge in [-0.05, 0) is 37.0 Å². The molecule has 1 atom stereocenters. The lowest BCUT2D eigenvalue weighted by molar-refractivity contribution is -0.129. The first-order valence-corrected chi connectivity index (χ1v) is 9.00. The number of aliphatic imine (C=N–C) groups is 1. The normalized spacial score (nSPS) is 16.2. The van der Waals surface area contributed by atoms with Crippen molar-refractivity contribution in [3.63, 3.8) is 0 Å². The smallest absolute Gasteiger partial charge is 0.222 e. The van der Waals surface area contributed by atoms with E-state index in [-0.39, 0.29) is 17.8 Å². The van der Waals surface area contributed by atoms with Crippen LogP contribution in [0.4, 0.5) is 4.39 Å². The van der Waals surface area contributed by atoms with Crippen LogP contribution in [-0.2, 0) is 11.3 Å². The monoisotopic (exact) mass is 348 g/mol. The van der Waals surface area contributed by atoms with Crippen molar-refractivity contribution >= 4 is 11.9 Å². The Kier molecular flexibility index (Phi) is 7.22. The number of likely N-dealkylation sites (tertiary alicyclic amines) is 1. The van der Waals surface area contributed by atoms with Crippen LogP contribution in [0.2, 0.25) is 0 Å². The van der Waals surface area contributed by atoms with Gasteiger partial charge in [0.15, 0.2) is 5.96 Å². The van der Waals surface area contributed by atoms with E-state index in [1.54, 1.807) is 13.1 Å². The maximum absolute atomic E-state index is 13.3. The van der Waals surface area contributed by atoms with Crippen LogP contribution in [0.15, 0.2) is 29.3 Å². The highest BCUT2D eigenvalue weighted by atomic mass is 19.1. The molecule has 0 bridgehead atoms. The Bertz CT molecular complexity index is 605. The van der Waals surface area contributed by atoms with Crippen LogP contribution >= 0.6 is 0 Å². The number of benzene rings is 1. The Morgan fingerprint density at radius 2 is 2.28 bits per heavy atom. The zero-order valence-electron chi connectivity index (χ0n) is 15.5. The third-order valence-electron chi connectivity index (χ3n) is 4.66. The van der Waals surface area contributed by atoms with Gasteiger partial charge >= 0.3 is 0 Å². The highest BCUT2D eigenvalue weighted by molar-refractivity contribution is 5.79. The van der Waals surface area contributed by atoms with Crippen LogP contribution < -0.4 is 5.32 Å². The molecule has 1 aromatic rings. The van der Waals surface area contributed by atoms with Crippen LogP contribution in [0.5, 0.6) is 0 Å². The van der Waals surface area contributed by atoms with E-state index in [1.165, 1.54) is 12.1 Å². The molecule has 1 fully saturated rings. The molecular formula is C19H29FN4O. The average Bonchev–Trinajstić information content (AvgIpc) is 3.01. The van der Waals surface area contributed by atoms with E-state index < -0.39 is 0 Å². The number of carbonyl (C=O) groups is 1. The Balaban J connectivity index is 1.83. The quantitative estimate of drug-likeness (QED) is 0.609. The summed E-state index contributed by atoms with van der Waals surface area (Å²) in [6.45, 7) is 4.34. The summed E-state index contributed by atoms with van der Waals surface area (Å²) in [6.07, 6.45) is 3.52. The molecule has 1 N–H and O–H groups in total. The molecule has 5 nitrogen and oxygen atoms in total. The van der Waals surface area contributed by atoms with Gasteiger partial charge in [0.2, 0.25) is 5.91 Å². The first kappa shape index (κ1) is 19.2. The minimum Gasteiger partial charge on any atom is -0.356 e. The lowest BCUT2D eigenvalue weighted by atomic mass is 10.1. The number of amides is 1. The zero-order chi connectivity index (χ0) is 18.2. The van der Waals surface area contributed by atoms with Crippen LogP contribution in [0.1, 0.15) is 38.2 Å². The van der Waals surface area contributed by atoms with Gasteiger partial charge in [0.25, 0.3) is 0 Å². The van der Waals surface area contributed by atoms with Gasteiger partial charge in [-0.25, -0.2) is 4.39 Å². The molecule has 138 valence electrons. The second-order valence-corrected chi connectivity index (χ2v) is 6.50. The van der Waals surface area contributed by atoms with E-state index in [1.807, 2.05) is 22.9 Å². The second kappa shape index (κ2) is 9.39. The van der Waals surface area contributed by atoms with Crippen molar-refractivity contribution in [2.45, 2.75) is 45.2 Å². The average molecular weight is 348 g/mol. The second-order valence-electron chi connectivity index (χ2n) is 6.50. The number of hydrogen-bond acceptors (Lipinski definition) is 2. The third-order valence-corrected chi connectivity index (χ3v) is 4.66. The summed E-state index contributed by atoms with van der Waals surface area (Å²) < 4.78 is 13.3. The molecule has 1 saturated heterocycles. The molecule has 1 unspecified atom stereocenters. The summed E-state index contributed by atoms with van der Waals surface area (Å²) in [6, 6.07) is 6.89. The van der Waals surface area contributed by atoms with Crippen molar-refractivity contribution in [3.05, 3.63) is 35.6 Å². The van der Waals surface area contributed by atoms with Gasteiger partial charge in [-0.15, -0.1) is 0 Å². The van der Waals surface area contributed by atoms with Crippen LogP contribution in [0.3, 0.4) is 0 Å². The first-order chi connectivity index (χ1) is 12.0. The van der Waals surface area contributed by atoms with Crippen molar-refractivity contribution in [1.29, 1.82) is 0 Å². The fourth-order valence-corrected chi connectivity index (χ4v) is 3.35. The molecule has 0 saturated carbocycles. The summed E-state index contributed by atoms with van der Waals surface area (Å²) in [5.74, 6) is 0.821. The Morgan fingerprint density at radius 1 is 1.48 bits per heavy atom. The summed E-state index contributed by atoms with van der Waals surface area (Å²) in [4.78, 5) is 20.2. The first-order valence-electron chi connectivity index (χ1n) is 9.00. The SMILES string of the molecule is CCC(CCNC(=NC)N(C)Cc1cccc(F)c1)N1CCCC1=O. The Morgan fingerprint density at radius 3 is 2.88 bits per heavy atom. The largest absolute Gasteiger partial charge is 0.356 e. The topological polar surface area (TPSA) is 47.9 Å². The fourth-order valence-electron chi connectivity index (χ4n) is 3.35. The fraction of sp³-hybridized carbons (Fsp3) is 0.579. The number of guanidine groups is 1. The molecule has 1 heterocycles. The van der Waals surface area contributed by atoms with Gasteiger partial charge in [-0.2, -0.15) is 0 Å². The predicted octanol–water partition coefficient (Wildman–Crippen LogP) is 2.62. The van der Waals surface area contributed by atoms with Gasteiger partial charge in [-0.3, -0.25) is 9.79 Å². The molecule has 2 rings (SSSR count). The van der Waals surface area contributed by atoms with Crippen molar-refractivity contribution in [3.8, 4) is 0 Å². The van der Waals surface area contributed by atoms with E-state index in [0.29, 0.717) is 13.0 Å². The number of carbonyl (C=O) groups excluding carboxylic acids is 1. The molecule has 0 aromatic heterocycles. The van der Waals surface area contributed by atoms with E-state index in [0.717, 1.165) is 43.9 Å².